The Kier molecular flexibility index (Phi) is 7.38. The van der Waals surface area contributed by atoms with Crippen LogP contribution >= 0.6 is 22.6 Å². The smallest absolute Gasteiger partial charge is 0.171 e. The average Bonchev–Trinajstić information content (AvgIpc) is 2.89. The molecule has 7 heteroatoms. The van der Waals surface area contributed by atoms with Gasteiger partial charge in [0.1, 0.15) is 0 Å². The highest BCUT2D eigenvalue weighted by molar-refractivity contribution is 14.1. The maximum absolute atomic E-state index is 10.6. The first-order valence-electron chi connectivity index (χ1n) is 12.8. The fraction of sp³-hybridized carbons (Fsp3) is 0.571. The molecule has 190 valence electrons. The molecular formula is C28H37IN2O4. The molecule has 0 unspecified atom stereocenters. The molecule has 6 nitrogen and oxygen atoms in total. The maximum Gasteiger partial charge on any atom is 0.171 e. The molecule has 0 saturated carbocycles. The predicted octanol–water partition coefficient (Wildman–Crippen LogP) is 5.25. The van der Waals surface area contributed by atoms with E-state index in [9.17, 15) is 5.11 Å². The van der Waals surface area contributed by atoms with Gasteiger partial charge in [-0.1, -0.05) is 13.3 Å². The number of fused-ring (bicyclic) bond motifs is 4. The van der Waals surface area contributed by atoms with Gasteiger partial charge in [-0.15, -0.1) is 0 Å². The Morgan fingerprint density at radius 1 is 1.00 bits per heavy atom. The summed E-state index contributed by atoms with van der Waals surface area (Å²) in [4.78, 5) is 2.70. The zero-order chi connectivity index (χ0) is 24.7. The summed E-state index contributed by atoms with van der Waals surface area (Å²) < 4.78 is 17.7. The topological polar surface area (TPSA) is 63.2 Å². The van der Waals surface area contributed by atoms with Crippen LogP contribution in [0.15, 0.2) is 18.2 Å². The number of phenols is 1. The minimum Gasteiger partial charge on any atom is -0.504 e. The molecule has 2 aromatic carbocycles. The number of benzene rings is 2. The predicted molar refractivity (Wildman–Crippen MR) is 146 cm³/mol. The molecule has 0 aliphatic carbocycles. The van der Waals surface area contributed by atoms with Gasteiger partial charge in [-0.3, -0.25) is 4.90 Å². The molecule has 0 amide bonds. The van der Waals surface area contributed by atoms with Crippen molar-refractivity contribution in [2.24, 2.45) is 11.8 Å². The summed E-state index contributed by atoms with van der Waals surface area (Å²) in [6, 6.07) is 7.17. The van der Waals surface area contributed by atoms with E-state index in [2.05, 4.69) is 57.9 Å². The van der Waals surface area contributed by atoms with E-state index in [1.807, 2.05) is 0 Å². The van der Waals surface area contributed by atoms with E-state index in [4.69, 9.17) is 14.2 Å². The van der Waals surface area contributed by atoms with Crippen LogP contribution in [0, 0.1) is 15.4 Å². The zero-order valence-corrected chi connectivity index (χ0v) is 23.4. The Hall–Kier alpha value is -1.71. The van der Waals surface area contributed by atoms with Crippen molar-refractivity contribution in [2.45, 2.75) is 51.1 Å². The first kappa shape index (κ1) is 25.0. The van der Waals surface area contributed by atoms with Gasteiger partial charge < -0.3 is 24.6 Å². The van der Waals surface area contributed by atoms with Crippen molar-refractivity contribution in [1.82, 2.24) is 10.2 Å². The van der Waals surface area contributed by atoms with Crippen LogP contribution in [-0.2, 0) is 12.8 Å². The largest absolute Gasteiger partial charge is 0.504 e. The number of ether oxygens (including phenoxy) is 3. The van der Waals surface area contributed by atoms with Gasteiger partial charge in [0.25, 0.3) is 0 Å². The third kappa shape index (κ3) is 4.48. The Morgan fingerprint density at radius 2 is 1.71 bits per heavy atom. The Morgan fingerprint density at radius 3 is 2.43 bits per heavy atom. The second-order valence-electron chi connectivity index (χ2n) is 10.1. The van der Waals surface area contributed by atoms with Gasteiger partial charge in [0.05, 0.1) is 24.9 Å². The van der Waals surface area contributed by atoms with Crippen LogP contribution < -0.4 is 19.5 Å². The van der Waals surface area contributed by atoms with Gasteiger partial charge in [0.2, 0.25) is 0 Å². The number of phenolic OH excluding ortho intramolecular Hbond substituents is 1. The van der Waals surface area contributed by atoms with Gasteiger partial charge in [-0.2, -0.15) is 0 Å². The van der Waals surface area contributed by atoms with Crippen LogP contribution in [0.25, 0.3) is 0 Å². The van der Waals surface area contributed by atoms with E-state index >= 15 is 0 Å². The highest BCUT2D eigenvalue weighted by Gasteiger charge is 2.40. The molecule has 3 heterocycles. The van der Waals surface area contributed by atoms with E-state index in [0.29, 0.717) is 23.6 Å². The molecule has 0 radical (unpaired) electrons. The van der Waals surface area contributed by atoms with Crippen LogP contribution in [0.2, 0.25) is 0 Å². The first-order valence-corrected chi connectivity index (χ1v) is 13.9. The minimum absolute atomic E-state index is 0.274. The number of aromatic hydroxyl groups is 1. The number of hydrogen-bond donors (Lipinski definition) is 2. The summed E-state index contributed by atoms with van der Waals surface area (Å²) in [5.74, 6) is 3.79. The summed E-state index contributed by atoms with van der Waals surface area (Å²) in [7, 11) is 5.07. The Balaban J connectivity index is 1.45. The highest BCUT2D eigenvalue weighted by Crippen LogP contribution is 2.48. The number of halogens is 1. The van der Waals surface area contributed by atoms with E-state index in [1.165, 1.54) is 28.7 Å². The quantitative estimate of drug-likeness (QED) is 0.448. The average molecular weight is 593 g/mol. The lowest BCUT2D eigenvalue weighted by Crippen LogP contribution is -2.46. The lowest BCUT2D eigenvalue weighted by Gasteiger charge is -2.48. The minimum atomic E-state index is 0.274. The lowest BCUT2D eigenvalue weighted by atomic mass is 9.72. The molecule has 0 bridgehead atoms. The van der Waals surface area contributed by atoms with Crippen molar-refractivity contribution in [2.75, 3.05) is 41.0 Å². The van der Waals surface area contributed by atoms with Crippen molar-refractivity contribution in [3.05, 3.63) is 44.0 Å². The van der Waals surface area contributed by atoms with Crippen LogP contribution in [0.5, 0.6) is 23.0 Å². The van der Waals surface area contributed by atoms with Crippen molar-refractivity contribution in [3.63, 3.8) is 0 Å². The molecule has 2 N–H and O–H groups in total. The summed E-state index contributed by atoms with van der Waals surface area (Å²) in [5.41, 5.74) is 5.38. The van der Waals surface area contributed by atoms with Gasteiger partial charge in [-0.25, -0.2) is 0 Å². The van der Waals surface area contributed by atoms with Crippen molar-refractivity contribution >= 4 is 22.6 Å². The number of nitrogens with one attached hydrogen (secondary N) is 1. The molecule has 35 heavy (non-hydrogen) atoms. The van der Waals surface area contributed by atoms with Gasteiger partial charge in [-0.05, 0) is 107 Å². The van der Waals surface area contributed by atoms with Gasteiger partial charge in [0, 0.05) is 25.2 Å². The maximum atomic E-state index is 10.6. The third-order valence-corrected chi connectivity index (χ3v) is 9.70. The van der Waals surface area contributed by atoms with E-state index in [1.54, 1.807) is 21.3 Å². The normalized spacial score (nSPS) is 25.9. The summed E-state index contributed by atoms with van der Waals surface area (Å²) in [6.45, 7) is 5.54. The van der Waals surface area contributed by atoms with Crippen LogP contribution in [0.1, 0.15) is 60.5 Å². The zero-order valence-electron chi connectivity index (χ0n) is 21.2. The molecule has 4 atom stereocenters. The van der Waals surface area contributed by atoms with Crippen LogP contribution in [0.4, 0.5) is 0 Å². The van der Waals surface area contributed by atoms with E-state index < -0.39 is 0 Å². The Labute approximate surface area is 222 Å². The second-order valence-corrected chi connectivity index (χ2v) is 11.2. The summed E-state index contributed by atoms with van der Waals surface area (Å²) in [6.07, 6.45) is 5.45. The lowest BCUT2D eigenvalue weighted by molar-refractivity contribution is 0.0434. The fourth-order valence-corrected chi connectivity index (χ4v) is 7.49. The van der Waals surface area contributed by atoms with E-state index in [-0.39, 0.29) is 11.8 Å². The molecule has 5 rings (SSSR count). The highest BCUT2D eigenvalue weighted by atomic mass is 127. The molecule has 3 aliphatic heterocycles. The monoisotopic (exact) mass is 592 g/mol. The van der Waals surface area contributed by atoms with E-state index in [0.717, 1.165) is 60.4 Å². The standard InChI is InChI=1S/C28H37IN2O4/c1-5-16-15-31-9-7-17-12-24(33-2)25(34-3)13-20(17)23(31)11-18(16)10-22-21-14-26(35-4)28(32)27(29)19(21)6-8-30-22/h12-14,16,18,22-23,30,32H,5-11,15H2,1-4H3/t16-,18-,22+,23-/m0/s1. The molecule has 3 aliphatic rings. The van der Waals surface area contributed by atoms with Gasteiger partial charge in [0.15, 0.2) is 23.0 Å². The molecule has 1 fully saturated rings. The number of nitrogens with zero attached hydrogens (tertiary/aromatic N) is 1. The molecule has 2 aromatic rings. The number of methoxy groups -OCH3 is 3. The first-order chi connectivity index (χ1) is 17.0. The molecule has 0 aromatic heterocycles. The second kappa shape index (κ2) is 10.3. The number of piperidine rings is 1. The molecule has 1 saturated heterocycles. The summed E-state index contributed by atoms with van der Waals surface area (Å²) in [5, 5.41) is 14.4. The van der Waals surface area contributed by atoms with Crippen LogP contribution in [-0.4, -0.2) is 51.0 Å². The fourth-order valence-electron chi connectivity index (χ4n) is 6.64. The number of rotatable bonds is 6. The van der Waals surface area contributed by atoms with Crippen LogP contribution in [0.3, 0.4) is 0 Å². The third-order valence-electron chi connectivity index (χ3n) is 8.54. The Bertz CT molecular complexity index is 1090. The SMILES string of the molecule is CC[C@H]1CN2CCc3cc(OC)c(OC)cc3[C@@H]2C[C@@H]1C[C@H]1NCCc2c1cc(OC)c(O)c2I. The molecule has 0 spiro atoms. The number of hydrogen-bond acceptors (Lipinski definition) is 6. The van der Waals surface area contributed by atoms with Crippen molar-refractivity contribution in [1.29, 1.82) is 0 Å². The van der Waals surface area contributed by atoms with Crippen molar-refractivity contribution < 1.29 is 19.3 Å². The van der Waals surface area contributed by atoms with Crippen molar-refractivity contribution in [3.8, 4) is 23.0 Å². The summed E-state index contributed by atoms with van der Waals surface area (Å²) >= 11 is 2.28. The molecular weight excluding hydrogens is 555 g/mol. The van der Waals surface area contributed by atoms with Gasteiger partial charge >= 0.3 is 0 Å².